The molecular weight excluding hydrogens is 524 g/mol. The minimum absolute atomic E-state index is 0.0601. The second-order valence-electron chi connectivity index (χ2n) is 10.2. The molecule has 0 unspecified atom stereocenters. The van der Waals surface area contributed by atoms with Gasteiger partial charge in [0.05, 0.1) is 13.0 Å². The molecule has 0 amide bonds. The molecule has 3 aliphatic rings. The molecule has 1 aliphatic carbocycles. The molecule has 7 atom stereocenters. The first-order valence-electron chi connectivity index (χ1n) is 13.1. The molecule has 0 bridgehead atoms. The maximum atomic E-state index is 12.3. The molecule has 4 N–H and O–H groups in total. The first-order chi connectivity index (χ1) is 19.2. The van der Waals surface area contributed by atoms with Crippen LogP contribution in [0.5, 0.6) is 5.75 Å². The lowest BCUT2D eigenvalue weighted by Gasteiger charge is -2.40. The van der Waals surface area contributed by atoms with Crippen molar-refractivity contribution in [3.63, 3.8) is 0 Å². The Morgan fingerprint density at radius 2 is 1.85 bits per heavy atom. The van der Waals surface area contributed by atoms with Gasteiger partial charge in [0, 0.05) is 11.5 Å². The van der Waals surface area contributed by atoms with Gasteiger partial charge < -0.3 is 39.4 Å². The Bertz CT molecular complexity index is 1160. The van der Waals surface area contributed by atoms with E-state index in [1.54, 1.807) is 18.2 Å². The van der Waals surface area contributed by atoms with Gasteiger partial charge in [0.1, 0.15) is 49.2 Å². The number of aliphatic hydroxyl groups excluding tert-OH is 3. The second-order valence-corrected chi connectivity index (χ2v) is 10.2. The van der Waals surface area contributed by atoms with E-state index >= 15 is 0 Å². The Hall–Kier alpha value is -3.35. The second kappa shape index (κ2) is 13.3. The van der Waals surface area contributed by atoms with Crippen LogP contribution in [0.15, 0.2) is 59.7 Å². The van der Waals surface area contributed by atoms with Gasteiger partial charge >= 0.3 is 11.9 Å². The number of phenols is 1. The Labute approximate surface area is 231 Å². The summed E-state index contributed by atoms with van der Waals surface area (Å²) in [4.78, 5) is 35.9. The summed E-state index contributed by atoms with van der Waals surface area (Å²) in [6, 6.07) is 6.02. The van der Waals surface area contributed by atoms with Gasteiger partial charge in [-0.3, -0.25) is 9.59 Å². The summed E-state index contributed by atoms with van der Waals surface area (Å²) in [6.07, 6.45) is -1.50. The number of carbonyl (C=O) groups excluding carboxylic acids is 3. The van der Waals surface area contributed by atoms with Crippen LogP contribution in [-0.4, -0.2) is 88.7 Å². The van der Waals surface area contributed by atoms with Gasteiger partial charge in [-0.15, -0.1) is 0 Å². The number of hydrogen-bond acceptors (Lipinski definition) is 11. The molecule has 1 aromatic rings. The summed E-state index contributed by atoms with van der Waals surface area (Å²) < 4.78 is 22.2. The molecule has 40 heavy (non-hydrogen) atoms. The topological polar surface area (TPSA) is 169 Å². The lowest BCUT2D eigenvalue weighted by Crippen LogP contribution is -2.59. The zero-order valence-electron chi connectivity index (χ0n) is 21.9. The molecule has 0 spiro atoms. The molecule has 2 fully saturated rings. The van der Waals surface area contributed by atoms with Crippen LogP contribution in [0.2, 0.25) is 0 Å². The molecule has 216 valence electrons. The number of aldehydes is 1. The molecule has 2 saturated heterocycles. The highest BCUT2D eigenvalue weighted by Crippen LogP contribution is 2.34. The van der Waals surface area contributed by atoms with Gasteiger partial charge in [-0.25, -0.2) is 4.79 Å². The summed E-state index contributed by atoms with van der Waals surface area (Å²) >= 11 is 0. The number of rotatable bonds is 8. The quantitative estimate of drug-likeness (QED) is 0.156. The van der Waals surface area contributed by atoms with E-state index in [2.05, 4.69) is 6.58 Å². The summed E-state index contributed by atoms with van der Waals surface area (Å²) in [7, 11) is 0. The van der Waals surface area contributed by atoms with Crippen LogP contribution in [0, 0.1) is 5.92 Å². The molecule has 1 aromatic carbocycles. The number of aliphatic hydroxyl groups is 3. The van der Waals surface area contributed by atoms with Crippen molar-refractivity contribution >= 4 is 18.2 Å². The molecular formula is C29H34O11. The van der Waals surface area contributed by atoms with Crippen molar-refractivity contribution in [2.24, 2.45) is 5.92 Å². The lowest BCUT2D eigenvalue weighted by atomic mass is 9.88. The van der Waals surface area contributed by atoms with Crippen molar-refractivity contribution in [1.82, 2.24) is 0 Å². The van der Waals surface area contributed by atoms with Crippen LogP contribution in [0.25, 0.3) is 0 Å². The number of hydrogen-bond donors (Lipinski definition) is 4. The Balaban J connectivity index is 1.38. The highest BCUT2D eigenvalue weighted by molar-refractivity contribution is 5.91. The smallest absolute Gasteiger partial charge is 0.334 e. The standard InChI is InChI=1S/C29H34O11/c1-16-21-10-7-18(13-30)3-2-4-19(11-22(21)39-28(16)36)14-38-29-27(35)26(34)25(33)23(40-29)15-37-24(32)12-17-5-8-20(31)9-6-17/h3,5-6,8-9,11,13,21-23,25-27,29,31,33-35H,1-2,4,7,10,12,14-15H2/t21-,22+,23+,25+,26-,27+,29+/m0/s1. The fourth-order valence-corrected chi connectivity index (χ4v) is 4.92. The van der Waals surface area contributed by atoms with Crippen LogP contribution < -0.4 is 0 Å². The SMILES string of the molecule is C=C1C(=O)O[C@@H]2C=C(CO[C@@H]3O[C@H](COC(=O)Cc4ccc(O)cc4)[C@@H](O)[C@H](O)[C@H]3O)CCC=C(C=O)CC[C@@H]12. The molecule has 0 saturated carbocycles. The highest BCUT2D eigenvalue weighted by Gasteiger charge is 2.45. The van der Waals surface area contributed by atoms with E-state index in [0.717, 1.165) is 6.29 Å². The van der Waals surface area contributed by atoms with Crippen molar-refractivity contribution < 1.29 is 53.8 Å². The molecule has 2 aliphatic heterocycles. The highest BCUT2D eigenvalue weighted by atomic mass is 16.7. The van der Waals surface area contributed by atoms with Crippen LogP contribution in [0.1, 0.15) is 31.2 Å². The summed E-state index contributed by atoms with van der Waals surface area (Å²) in [5.74, 6) is -1.34. The number of benzene rings is 1. The summed E-state index contributed by atoms with van der Waals surface area (Å²) in [6.45, 7) is 3.38. The van der Waals surface area contributed by atoms with Crippen LogP contribution in [0.4, 0.5) is 0 Å². The van der Waals surface area contributed by atoms with Gasteiger partial charge in [0.25, 0.3) is 0 Å². The molecule has 11 heteroatoms. The van der Waals surface area contributed by atoms with Crippen LogP contribution in [0.3, 0.4) is 0 Å². The summed E-state index contributed by atoms with van der Waals surface area (Å²) in [5.41, 5.74) is 2.30. The van der Waals surface area contributed by atoms with Crippen LogP contribution >= 0.6 is 0 Å². The van der Waals surface area contributed by atoms with Crippen LogP contribution in [-0.2, 0) is 39.8 Å². The van der Waals surface area contributed by atoms with Gasteiger partial charge in [-0.2, -0.15) is 0 Å². The van der Waals surface area contributed by atoms with Crippen molar-refractivity contribution in [3.05, 3.63) is 65.3 Å². The average Bonchev–Trinajstić information content (AvgIpc) is 3.21. The normalized spacial score (nSPS) is 30.9. The van der Waals surface area contributed by atoms with Gasteiger partial charge in [-0.1, -0.05) is 24.8 Å². The number of phenolic OH excluding ortho intramolecular Hbond substituents is 1. The van der Waals surface area contributed by atoms with E-state index in [1.807, 2.05) is 6.08 Å². The van der Waals surface area contributed by atoms with E-state index in [4.69, 9.17) is 18.9 Å². The van der Waals surface area contributed by atoms with Gasteiger partial charge in [0.15, 0.2) is 6.29 Å². The van der Waals surface area contributed by atoms with Crippen molar-refractivity contribution in [2.45, 2.75) is 68.9 Å². The average molecular weight is 559 g/mol. The first kappa shape index (κ1) is 29.6. The predicted octanol–water partition coefficient (Wildman–Crippen LogP) is 1.03. The van der Waals surface area contributed by atoms with E-state index in [-0.39, 0.29) is 24.7 Å². The minimum atomic E-state index is -1.63. The predicted molar refractivity (Wildman–Crippen MR) is 139 cm³/mol. The zero-order chi connectivity index (χ0) is 28.8. The van der Waals surface area contributed by atoms with Gasteiger partial charge in [0.2, 0.25) is 0 Å². The van der Waals surface area contributed by atoms with E-state index in [1.165, 1.54) is 12.1 Å². The Morgan fingerprint density at radius 1 is 1.10 bits per heavy atom. The third-order valence-corrected chi connectivity index (χ3v) is 7.31. The third kappa shape index (κ3) is 7.23. The lowest BCUT2D eigenvalue weighted by molar-refractivity contribution is -0.299. The fourth-order valence-electron chi connectivity index (χ4n) is 4.92. The largest absolute Gasteiger partial charge is 0.508 e. The number of aromatic hydroxyl groups is 1. The van der Waals surface area contributed by atoms with E-state index in [9.17, 15) is 34.8 Å². The number of allylic oxidation sites excluding steroid dienone is 2. The fraction of sp³-hybridized carbons (Fsp3) is 0.483. The number of carbonyl (C=O) groups is 3. The monoisotopic (exact) mass is 558 g/mol. The molecule has 2 heterocycles. The first-order valence-corrected chi connectivity index (χ1v) is 13.1. The third-order valence-electron chi connectivity index (χ3n) is 7.31. The van der Waals surface area contributed by atoms with Crippen molar-refractivity contribution in [1.29, 1.82) is 0 Å². The Morgan fingerprint density at radius 3 is 2.58 bits per heavy atom. The van der Waals surface area contributed by atoms with Crippen molar-refractivity contribution in [2.75, 3.05) is 13.2 Å². The minimum Gasteiger partial charge on any atom is -0.508 e. The van der Waals surface area contributed by atoms with E-state index in [0.29, 0.717) is 48.0 Å². The van der Waals surface area contributed by atoms with Gasteiger partial charge in [-0.05, 0) is 60.6 Å². The maximum absolute atomic E-state index is 12.3. The number of esters is 2. The number of fused-ring (bicyclic) bond motifs is 1. The van der Waals surface area contributed by atoms with E-state index < -0.39 is 55.4 Å². The molecule has 4 rings (SSSR count). The molecule has 0 aromatic heterocycles. The molecule has 0 radical (unpaired) electrons. The Kier molecular flexibility index (Phi) is 9.88. The van der Waals surface area contributed by atoms with Crippen molar-refractivity contribution in [3.8, 4) is 5.75 Å². The zero-order valence-corrected chi connectivity index (χ0v) is 21.9. The maximum Gasteiger partial charge on any atom is 0.334 e. The number of ether oxygens (including phenoxy) is 4. The molecule has 11 nitrogen and oxygen atoms in total. The summed E-state index contributed by atoms with van der Waals surface area (Å²) in [5, 5.41) is 40.6.